The molecule has 7 rings (SSSR count). The quantitative estimate of drug-likeness (QED) is 0.190. The Bertz CT molecular complexity index is 1600. The van der Waals surface area contributed by atoms with Crippen LogP contribution in [0.1, 0.15) is 73.8 Å². The van der Waals surface area contributed by atoms with Crippen molar-refractivity contribution < 1.29 is 28.4 Å². The van der Waals surface area contributed by atoms with Crippen LogP contribution in [-0.4, -0.2) is 25.8 Å². The minimum atomic E-state index is -0.324. The highest BCUT2D eigenvalue weighted by molar-refractivity contribution is 5.96. The normalized spacial score (nSPS) is 21.4. The standard InChI is InChI=1S/C39H40O6/c1-27-34-25-33(44-37-15-6-8-23-41-37)20-21-35(34)45-39(29-16-18-31(19-17-29)42-26-28-10-3-2-4-11-28)38(27)30-12-9-13-32(24-30)43-36-14-5-7-22-40-36/h2-4,9-13,16-21,24-25,36-37,39H,5-8,14-15,22-23,26H2,1H3. The first kappa shape index (κ1) is 29.5. The molecule has 232 valence electrons. The van der Waals surface area contributed by atoms with E-state index in [0.29, 0.717) is 6.61 Å². The maximum atomic E-state index is 6.81. The molecule has 3 unspecified atom stereocenters. The number of rotatable bonds is 9. The Labute approximate surface area is 265 Å². The van der Waals surface area contributed by atoms with Crippen LogP contribution in [0, 0.1) is 0 Å². The van der Waals surface area contributed by atoms with Crippen LogP contribution in [-0.2, 0) is 16.1 Å². The van der Waals surface area contributed by atoms with Crippen LogP contribution in [0.4, 0.5) is 0 Å². The highest BCUT2D eigenvalue weighted by atomic mass is 16.7. The zero-order valence-corrected chi connectivity index (χ0v) is 25.8. The molecule has 0 saturated carbocycles. The zero-order valence-electron chi connectivity index (χ0n) is 25.8. The summed E-state index contributed by atoms with van der Waals surface area (Å²) in [6.45, 7) is 4.16. The van der Waals surface area contributed by atoms with Gasteiger partial charge in [-0.1, -0.05) is 54.6 Å². The lowest BCUT2D eigenvalue weighted by molar-refractivity contribution is -0.106. The fraction of sp³-hybridized carbons (Fsp3) is 0.333. The predicted molar refractivity (Wildman–Crippen MR) is 174 cm³/mol. The van der Waals surface area contributed by atoms with Crippen LogP contribution in [0.15, 0.2) is 97.1 Å². The molecule has 45 heavy (non-hydrogen) atoms. The van der Waals surface area contributed by atoms with Gasteiger partial charge < -0.3 is 28.4 Å². The summed E-state index contributed by atoms with van der Waals surface area (Å²) in [6.07, 6.45) is 5.45. The molecule has 2 saturated heterocycles. The maximum absolute atomic E-state index is 6.81. The van der Waals surface area contributed by atoms with Gasteiger partial charge in [-0.05, 0) is 97.3 Å². The van der Waals surface area contributed by atoms with Crippen LogP contribution in [0.25, 0.3) is 11.1 Å². The van der Waals surface area contributed by atoms with Gasteiger partial charge in [-0.15, -0.1) is 0 Å². The lowest BCUT2D eigenvalue weighted by Crippen LogP contribution is -2.25. The molecule has 0 bridgehead atoms. The highest BCUT2D eigenvalue weighted by Gasteiger charge is 2.30. The molecule has 0 amide bonds. The second-order valence-electron chi connectivity index (χ2n) is 11.9. The van der Waals surface area contributed by atoms with Crippen molar-refractivity contribution in [1.82, 2.24) is 0 Å². The third-order valence-corrected chi connectivity index (χ3v) is 8.65. The Balaban J connectivity index is 1.20. The molecular weight excluding hydrogens is 564 g/mol. The summed E-state index contributed by atoms with van der Waals surface area (Å²) in [5, 5.41) is 0. The lowest BCUT2D eigenvalue weighted by Gasteiger charge is -2.32. The molecular formula is C39H40O6. The van der Waals surface area contributed by atoms with Crippen molar-refractivity contribution in [3.05, 3.63) is 119 Å². The van der Waals surface area contributed by atoms with Crippen molar-refractivity contribution in [3.8, 4) is 23.0 Å². The average molecular weight is 605 g/mol. The second kappa shape index (κ2) is 13.8. The second-order valence-corrected chi connectivity index (χ2v) is 11.9. The SMILES string of the molecule is CC1=C(c2cccc(OC3CCCCO3)c2)C(c2ccc(OCc3ccccc3)cc2)Oc2ccc(OC3CCCCO3)cc21. The van der Waals surface area contributed by atoms with Gasteiger partial charge in [0.15, 0.2) is 12.6 Å². The Morgan fingerprint density at radius 3 is 2.04 bits per heavy atom. The van der Waals surface area contributed by atoms with Crippen molar-refractivity contribution in [2.24, 2.45) is 0 Å². The molecule has 2 fully saturated rings. The number of allylic oxidation sites excluding steroid dienone is 1. The molecule has 4 aromatic rings. The van der Waals surface area contributed by atoms with E-state index in [-0.39, 0.29) is 18.7 Å². The number of fused-ring (bicyclic) bond motifs is 1. The number of hydrogen-bond donors (Lipinski definition) is 0. The van der Waals surface area contributed by atoms with E-state index < -0.39 is 0 Å². The summed E-state index contributed by atoms with van der Waals surface area (Å²) in [5.74, 6) is 3.22. The van der Waals surface area contributed by atoms with Gasteiger partial charge in [-0.2, -0.15) is 0 Å². The number of ether oxygens (including phenoxy) is 6. The molecule has 0 spiro atoms. The zero-order chi connectivity index (χ0) is 30.4. The van der Waals surface area contributed by atoms with Gasteiger partial charge in [0.2, 0.25) is 0 Å². The van der Waals surface area contributed by atoms with Gasteiger partial charge in [0.05, 0.1) is 13.2 Å². The van der Waals surface area contributed by atoms with Crippen LogP contribution in [0.5, 0.6) is 23.0 Å². The first-order chi connectivity index (χ1) is 22.2. The van der Waals surface area contributed by atoms with Crippen LogP contribution >= 0.6 is 0 Å². The van der Waals surface area contributed by atoms with Gasteiger partial charge in [0.1, 0.15) is 35.7 Å². The van der Waals surface area contributed by atoms with Crippen molar-refractivity contribution in [3.63, 3.8) is 0 Å². The molecule has 6 nitrogen and oxygen atoms in total. The summed E-state index contributed by atoms with van der Waals surface area (Å²) in [5.41, 5.74) is 6.45. The van der Waals surface area contributed by atoms with Crippen LogP contribution in [0.2, 0.25) is 0 Å². The van der Waals surface area contributed by atoms with Crippen LogP contribution in [0.3, 0.4) is 0 Å². The van der Waals surface area contributed by atoms with Crippen molar-refractivity contribution in [2.45, 2.75) is 70.7 Å². The molecule has 0 N–H and O–H groups in total. The molecule has 4 aromatic carbocycles. The van der Waals surface area contributed by atoms with Crippen molar-refractivity contribution in [1.29, 1.82) is 0 Å². The first-order valence-electron chi connectivity index (χ1n) is 16.1. The predicted octanol–water partition coefficient (Wildman–Crippen LogP) is 9.14. The van der Waals surface area contributed by atoms with E-state index in [1.807, 2.05) is 54.6 Å². The van der Waals surface area contributed by atoms with E-state index >= 15 is 0 Å². The Hall–Kier alpha value is -4.26. The summed E-state index contributed by atoms with van der Waals surface area (Å²) >= 11 is 0. The van der Waals surface area contributed by atoms with Gasteiger partial charge >= 0.3 is 0 Å². The summed E-state index contributed by atoms with van der Waals surface area (Å²) in [6, 6.07) is 32.8. The fourth-order valence-corrected chi connectivity index (χ4v) is 6.24. The summed E-state index contributed by atoms with van der Waals surface area (Å²) in [4.78, 5) is 0. The lowest BCUT2D eigenvalue weighted by atomic mass is 9.86. The average Bonchev–Trinajstić information content (AvgIpc) is 3.09. The first-order valence-corrected chi connectivity index (χ1v) is 16.1. The van der Waals surface area contributed by atoms with E-state index in [4.69, 9.17) is 28.4 Å². The molecule has 0 radical (unpaired) electrons. The van der Waals surface area contributed by atoms with Crippen LogP contribution < -0.4 is 18.9 Å². The molecule has 0 aliphatic carbocycles. The van der Waals surface area contributed by atoms with E-state index in [1.165, 1.54) is 0 Å². The third kappa shape index (κ3) is 7.03. The minimum Gasteiger partial charge on any atom is -0.489 e. The molecule has 6 heteroatoms. The molecule has 3 aliphatic rings. The fourth-order valence-electron chi connectivity index (χ4n) is 6.24. The van der Waals surface area contributed by atoms with Crippen molar-refractivity contribution in [2.75, 3.05) is 13.2 Å². The van der Waals surface area contributed by atoms with Gasteiger partial charge in [0.25, 0.3) is 0 Å². The Morgan fingerprint density at radius 2 is 1.36 bits per heavy atom. The molecule has 3 aliphatic heterocycles. The van der Waals surface area contributed by atoms with E-state index in [9.17, 15) is 0 Å². The minimum absolute atomic E-state index is 0.212. The number of hydrogen-bond acceptors (Lipinski definition) is 6. The maximum Gasteiger partial charge on any atom is 0.199 e. The molecule has 3 heterocycles. The van der Waals surface area contributed by atoms with Crippen molar-refractivity contribution >= 4 is 11.1 Å². The smallest absolute Gasteiger partial charge is 0.199 e. The number of benzene rings is 4. The Kier molecular flexibility index (Phi) is 9.03. The van der Waals surface area contributed by atoms with E-state index in [1.54, 1.807) is 0 Å². The molecule has 0 aromatic heterocycles. The van der Waals surface area contributed by atoms with Gasteiger partial charge in [-0.3, -0.25) is 0 Å². The van der Waals surface area contributed by atoms with Gasteiger partial charge in [0, 0.05) is 24.0 Å². The molecule has 3 atom stereocenters. The Morgan fingerprint density at radius 1 is 0.667 bits per heavy atom. The van der Waals surface area contributed by atoms with E-state index in [2.05, 4.69) is 49.4 Å². The topological polar surface area (TPSA) is 55.4 Å². The summed E-state index contributed by atoms with van der Waals surface area (Å²) in [7, 11) is 0. The summed E-state index contributed by atoms with van der Waals surface area (Å²) < 4.78 is 37.1. The monoisotopic (exact) mass is 604 g/mol. The highest BCUT2D eigenvalue weighted by Crippen LogP contribution is 2.48. The van der Waals surface area contributed by atoms with E-state index in [0.717, 1.165) is 108 Å². The van der Waals surface area contributed by atoms with Gasteiger partial charge in [-0.25, -0.2) is 0 Å². The third-order valence-electron chi connectivity index (χ3n) is 8.65. The largest absolute Gasteiger partial charge is 0.489 e.